The molecule has 0 saturated carbocycles. The molecule has 0 aliphatic rings. The second-order valence-electron chi connectivity index (χ2n) is 2.89. The lowest BCUT2D eigenvalue weighted by atomic mass is 10.2. The molecule has 0 radical (unpaired) electrons. The number of benzene rings is 1. The zero-order chi connectivity index (χ0) is 12.4. The highest BCUT2D eigenvalue weighted by atomic mass is 127. The number of rotatable bonds is 4. The van der Waals surface area contributed by atoms with Crippen LogP contribution in [0.3, 0.4) is 0 Å². The first kappa shape index (κ1) is 18.2. The highest BCUT2D eigenvalue weighted by Gasteiger charge is 1.96. The molecule has 1 aromatic rings. The average Bonchev–Trinajstić information content (AvgIpc) is 2.18. The number of carboxylic acid groups (broad SMARTS) is 2. The van der Waals surface area contributed by atoms with Crippen LogP contribution in [0.1, 0.15) is 12.5 Å². The van der Waals surface area contributed by atoms with Gasteiger partial charge in [0, 0.05) is 6.92 Å². The van der Waals surface area contributed by atoms with E-state index in [0.717, 1.165) is 12.5 Å². The smallest absolute Gasteiger partial charge is 0.329 e. The van der Waals surface area contributed by atoms with E-state index in [1.807, 2.05) is 30.3 Å². The summed E-state index contributed by atoms with van der Waals surface area (Å²) in [6, 6.07) is 9.46. The molecule has 5 nitrogen and oxygen atoms in total. The van der Waals surface area contributed by atoms with Crippen molar-refractivity contribution in [3.63, 3.8) is 0 Å². The van der Waals surface area contributed by atoms with E-state index in [4.69, 9.17) is 19.7 Å². The van der Waals surface area contributed by atoms with E-state index >= 15 is 0 Å². The van der Waals surface area contributed by atoms with Gasteiger partial charge < -0.3 is 14.9 Å². The van der Waals surface area contributed by atoms with Crippen molar-refractivity contribution in [1.29, 1.82) is 0 Å². The van der Waals surface area contributed by atoms with Crippen molar-refractivity contribution in [2.75, 3.05) is 6.61 Å². The van der Waals surface area contributed by atoms with Gasteiger partial charge in [-0.1, -0.05) is 30.3 Å². The normalized spacial score (nSPS) is 8.29. The molecule has 96 valence electrons. The number of ether oxygens (including phenoxy) is 1. The van der Waals surface area contributed by atoms with Crippen LogP contribution in [0.5, 0.6) is 0 Å². The molecule has 1 aromatic carbocycles. The summed E-state index contributed by atoms with van der Waals surface area (Å²) in [5.74, 6) is -1.77. The van der Waals surface area contributed by atoms with Crippen LogP contribution < -0.4 is 0 Å². The molecule has 0 fully saturated rings. The van der Waals surface area contributed by atoms with Crippen molar-refractivity contribution < 1.29 is 24.5 Å². The lowest BCUT2D eigenvalue weighted by molar-refractivity contribution is -0.142. The third-order valence-electron chi connectivity index (χ3n) is 1.34. The van der Waals surface area contributed by atoms with Gasteiger partial charge in [0.2, 0.25) is 0 Å². The summed E-state index contributed by atoms with van der Waals surface area (Å²) in [6.07, 6.45) is 0. The molecule has 2 N–H and O–H groups in total. The van der Waals surface area contributed by atoms with Crippen LogP contribution in [-0.2, 0) is 20.9 Å². The predicted molar refractivity (Wildman–Crippen MR) is 72.5 cm³/mol. The molecular weight excluding hydrogens is 339 g/mol. The molecule has 1 rings (SSSR count). The van der Waals surface area contributed by atoms with E-state index < -0.39 is 11.9 Å². The molecule has 0 saturated heterocycles. The first-order chi connectivity index (χ1) is 7.52. The van der Waals surface area contributed by atoms with Crippen molar-refractivity contribution in [3.8, 4) is 0 Å². The van der Waals surface area contributed by atoms with Gasteiger partial charge in [0.25, 0.3) is 5.97 Å². The molecule has 0 spiro atoms. The Morgan fingerprint density at radius 1 is 1.18 bits per heavy atom. The van der Waals surface area contributed by atoms with E-state index in [9.17, 15) is 4.79 Å². The predicted octanol–water partition coefficient (Wildman–Crippen LogP) is 2.00. The average molecular weight is 354 g/mol. The maximum atomic E-state index is 10.1. The Kier molecular flexibility index (Phi) is 12.2. The number of aliphatic carboxylic acids is 2. The highest BCUT2D eigenvalue weighted by Crippen LogP contribution is 1.99. The molecule has 0 aliphatic heterocycles. The molecule has 0 bridgehead atoms. The second kappa shape index (κ2) is 11.3. The molecule has 0 atom stereocenters. The molecule has 17 heavy (non-hydrogen) atoms. The molecular formula is C11H15IO5. The number of halogens is 1. The summed E-state index contributed by atoms with van der Waals surface area (Å²) < 4.78 is 4.88. The van der Waals surface area contributed by atoms with Crippen molar-refractivity contribution in [2.24, 2.45) is 0 Å². The number of carbonyl (C=O) groups is 2. The van der Waals surface area contributed by atoms with E-state index in [1.165, 1.54) is 0 Å². The highest BCUT2D eigenvalue weighted by molar-refractivity contribution is 14.0. The molecule has 0 unspecified atom stereocenters. The fourth-order valence-corrected chi connectivity index (χ4v) is 0.830. The Hall–Kier alpha value is -1.15. The van der Waals surface area contributed by atoms with Crippen molar-refractivity contribution in [1.82, 2.24) is 0 Å². The summed E-state index contributed by atoms with van der Waals surface area (Å²) in [6.45, 7) is 1.20. The molecule has 0 aromatic heterocycles. The van der Waals surface area contributed by atoms with Crippen LogP contribution in [0, 0.1) is 0 Å². The van der Waals surface area contributed by atoms with Gasteiger partial charge in [0.05, 0.1) is 6.61 Å². The Bertz CT molecular complexity index is 322. The third kappa shape index (κ3) is 14.8. The van der Waals surface area contributed by atoms with E-state index in [2.05, 4.69) is 0 Å². The van der Waals surface area contributed by atoms with Crippen LogP contribution in [0.25, 0.3) is 0 Å². The minimum atomic E-state index is -0.939. The van der Waals surface area contributed by atoms with Crippen LogP contribution in [0.2, 0.25) is 0 Å². The monoisotopic (exact) mass is 354 g/mol. The lowest BCUT2D eigenvalue weighted by Crippen LogP contribution is -2.06. The van der Waals surface area contributed by atoms with Crippen LogP contribution >= 0.6 is 24.0 Å². The van der Waals surface area contributed by atoms with Gasteiger partial charge in [-0.15, -0.1) is 24.0 Å². The Balaban J connectivity index is 0. The van der Waals surface area contributed by atoms with Gasteiger partial charge in [0.15, 0.2) is 0 Å². The molecule has 0 amide bonds. The SMILES string of the molecule is CC(=O)O.I.O=C(O)COCc1ccccc1. The fraction of sp³-hybridized carbons (Fsp3) is 0.273. The van der Waals surface area contributed by atoms with Gasteiger partial charge in [-0.25, -0.2) is 4.79 Å². The standard InChI is InChI=1S/C9H10O3.C2H4O2.HI/c10-9(11)7-12-6-8-4-2-1-3-5-8;1-2(3)4;/h1-5H,6-7H2,(H,10,11);1H3,(H,3,4);1H. The van der Waals surface area contributed by atoms with Crippen molar-refractivity contribution in [2.45, 2.75) is 13.5 Å². The van der Waals surface area contributed by atoms with Crippen LogP contribution in [0.4, 0.5) is 0 Å². The van der Waals surface area contributed by atoms with Gasteiger partial charge in [-0.05, 0) is 5.56 Å². The van der Waals surface area contributed by atoms with Gasteiger partial charge >= 0.3 is 5.97 Å². The second-order valence-corrected chi connectivity index (χ2v) is 2.89. The summed E-state index contributed by atoms with van der Waals surface area (Å²) >= 11 is 0. The van der Waals surface area contributed by atoms with Gasteiger partial charge in [-0.2, -0.15) is 0 Å². The summed E-state index contributed by atoms with van der Waals surface area (Å²) in [4.78, 5) is 19.1. The Morgan fingerprint density at radius 2 is 1.65 bits per heavy atom. The summed E-state index contributed by atoms with van der Waals surface area (Å²) in [5, 5.41) is 15.7. The zero-order valence-electron chi connectivity index (χ0n) is 9.33. The van der Waals surface area contributed by atoms with Crippen molar-refractivity contribution in [3.05, 3.63) is 35.9 Å². The minimum Gasteiger partial charge on any atom is -0.481 e. The maximum absolute atomic E-state index is 10.1. The summed E-state index contributed by atoms with van der Waals surface area (Å²) in [5.41, 5.74) is 0.985. The molecule has 6 heteroatoms. The van der Waals surface area contributed by atoms with E-state index in [1.54, 1.807) is 0 Å². The van der Waals surface area contributed by atoms with Crippen LogP contribution in [0.15, 0.2) is 30.3 Å². The number of hydrogen-bond acceptors (Lipinski definition) is 3. The Labute approximate surface area is 116 Å². The Morgan fingerprint density at radius 3 is 2.06 bits per heavy atom. The molecule has 0 heterocycles. The van der Waals surface area contributed by atoms with Crippen molar-refractivity contribution >= 4 is 35.9 Å². The maximum Gasteiger partial charge on any atom is 0.329 e. The largest absolute Gasteiger partial charge is 0.481 e. The molecule has 0 aliphatic carbocycles. The lowest BCUT2D eigenvalue weighted by Gasteiger charge is -1.99. The van der Waals surface area contributed by atoms with Gasteiger partial charge in [-0.3, -0.25) is 4.79 Å². The quantitative estimate of drug-likeness (QED) is 0.808. The third-order valence-corrected chi connectivity index (χ3v) is 1.34. The number of hydrogen-bond donors (Lipinski definition) is 2. The fourth-order valence-electron chi connectivity index (χ4n) is 0.830. The number of carboxylic acids is 2. The van der Waals surface area contributed by atoms with Gasteiger partial charge in [0.1, 0.15) is 6.61 Å². The first-order valence-electron chi connectivity index (χ1n) is 4.55. The first-order valence-corrected chi connectivity index (χ1v) is 4.55. The zero-order valence-corrected chi connectivity index (χ0v) is 11.7. The topological polar surface area (TPSA) is 83.8 Å². The summed E-state index contributed by atoms with van der Waals surface area (Å²) in [7, 11) is 0. The van der Waals surface area contributed by atoms with Crippen LogP contribution in [-0.4, -0.2) is 28.8 Å². The van der Waals surface area contributed by atoms with E-state index in [0.29, 0.717) is 6.61 Å². The minimum absolute atomic E-state index is 0. The van der Waals surface area contributed by atoms with E-state index in [-0.39, 0.29) is 30.6 Å².